The van der Waals surface area contributed by atoms with Crippen molar-refractivity contribution in [3.63, 3.8) is 0 Å². The number of nitrogens with zero attached hydrogens (tertiary/aromatic N) is 3. The van der Waals surface area contributed by atoms with Gasteiger partial charge in [0, 0.05) is 42.8 Å². The lowest BCUT2D eigenvalue weighted by Gasteiger charge is -2.48. The van der Waals surface area contributed by atoms with E-state index in [0.29, 0.717) is 35.4 Å². The van der Waals surface area contributed by atoms with Crippen LogP contribution in [0.15, 0.2) is 47.1 Å². The summed E-state index contributed by atoms with van der Waals surface area (Å²) < 4.78 is 52.7. The van der Waals surface area contributed by atoms with Gasteiger partial charge in [0.2, 0.25) is 5.91 Å². The fourth-order valence-corrected chi connectivity index (χ4v) is 4.76. The first-order valence-electron chi connectivity index (χ1n) is 9.10. The van der Waals surface area contributed by atoms with Crippen LogP contribution in [0.4, 0.5) is 28.9 Å². The highest BCUT2D eigenvalue weighted by Gasteiger charge is 2.58. The number of carbonyl (C=O) groups excluding carboxylic acids is 1. The first kappa shape index (κ1) is 19.3. The van der Waals surface area contributed by atoms with Gasteiger partial charge in [0.05, 0.1) is 27.4 Å². The van der Waals surface area contributed by atoms with Gasteiger partial charge in [-0.15, -0.1) is 0 Å². The van der Waals surface area contributed by atoms with Gasteiger partial charge in [0.1, 0.15) is 11.2 Å². The number of aromatic nitrogens is 1. The molecule has 0 bridgehead atoms. The highest BCUT2D eigenvalue weighted by atomic mass is 79.9. The van der Waals surface area contributed by atoms with Crippen LogP contribution in [0.3, 0.4) is 0 Å². The third-order valence-corrected chi connectivity index (χ3v) is 6.53. The summed E-state index contributed by atoms with van der Waals surface area (Å²) in [6.07, 6.45) is -2.83. The molecule has 1 amide bonds. The van der Waals surface area contributed by atoms with Gasteiger partial charge in [-0.2, -0.15) is 13.2 Å². The quantitative estimate of drug-likeness (QED) is 0.466. The molecular formula is C21H14BrF4N3O. The van der Waals surface area contributed by atoms with Crippen LogP contribution in [0, 0.1) is 5.82 Å². The Morgan fingerprint density at radius 1 is 1.13 bits per heavy atom. The molecule has 3 heterocycles. The lowest BCUT2D eigenvalue weighted by molar-refractivity contribution is -0.137. The molecule has 1 fully saturated rings. The number of hydrogen-bond donors (Lipinski definition) is 0. The highest BCUT2D eigenvalue weighted by Crippen LogP contribution is 2.50. The van der Waals surface area contributed by atoms with Crippen molar-refractivity contribution >= 4 is 44.1 Å². The number of amides is 1. The lowest BCUT2D eigenvalue weighted by atomic mass is 9.73. The Morgan fingerprint density at radius 3 is 2.43 bits per heavy atom. The number of benzene rings is 2. The molecule has 5 rings (SSSR count). The molecule has 1 spiro atoms. The molecule has 0 unspecified atom stereocenters. The molecule has 0 saturated carbocycles. The molecular weight excluding hydrogens is 466 g/mol. The van der Waals surface area contributed by atoms with Gasteiger partial charge in [-0.1, -0.05) is 0 Å². The van der Waals surface area contributed by atoms with Gasteiger partial charge < -0.3 is 9.80 Å². The third-order valence-electron chi connectivity index (χ3n) is 5.93. The predicted molar refractivity (Wildman–Crippen MR) is 108 cm³/mol. The summed E-state index contributed by atoms with van der Waals surface area (Å²) in [5.74, 6) is -0.544. The monoisotopic (exact) mass is 479 g/mol. The zero-order valence-electron chi connectivity index (χ0n) is 15.6. The van der Waals surface area contributed by atoms with E-state index in [1.165, 1.54) is 18.2 Å². The van der Waals surface area contributed by atoms with Crippen molar-refractivity contribution < 1.29 is 22.4 Å². The van der Waals surface area contributed by atoms with Crippen LogP contribution in [0.25, 0.3) is 10.9 Å². The van der Waals surface area contributed by atoms with Gasteiger partial charge in [-0.25, -0.2) is 4.39 Å². The van der Waals surface area contributed by atoms with E-state index in [4.69, 9.17) is 0 Å². The van der Waals surface area contributed by atoms with Crippen molar-refractivity contribution in [3.05, 3.63) is 64.0 Å². The van der Waals surface area contributed by atoms with E-state index < -0.39 is 23.0 Å². The zero-order chi connectivity index (χ0) is 21.4. The molecule has 4 nitrogen and oxygen atoms in total. The van der Waals surface area contributed by atoms with Crippen molar-refractivity contribution in [1.82, 2.24) is 4.98 Å². The minimum Gasteiger partial charge on any atom is -0.369 e. The average Bonchev–Trinajstić information content (AvgIpc) is 2.89. The smallest absolute Gasteiger partial charge is 0.369 e. The number of likely N-dealkylation sites (N-methyl/N-ethyl adjacent to an activating group) is 1. The Morgan fingerprint density at radius 2 is 1.80 bits per heavy atom. The van der Waals surface area contributed by atoms with Crippen LogP contribution in [0.2, 0.25) is 0 Å². The molecule has 1 saturated heterocycles. The largest absolute Gasteiger partial charge is 0.416 e. The number of carbonyl (C=O) groups is 1. The summed E-state index contributed by atoms with van der Waals surface area (Å²) in [6, 6.07) is 7.85. The molecule has 2 aliphatic rings. The fraction of sp³-hybridized carbons (Fsp3) is 0.238. The van der Waals surface area contributed by atoms with Gasteiger partial charge in [-0.3, -0.25) is 9.78 Å². The van der Waals surface area contributed by atoms with Crippen molar-refractivity contribution in [2.45, 2.75) is 11.6 Å². The van der Waals surface area contributed by atoms with E-state index in [2.05, 4.69) is 20.9 Å². The van der Waals surface area contributed by atoms with Crippen molar-refractivity contribution in [2.24, 2.45) is 0 Å². The minimum absolute atomic E-state index is 0.101. The van der Waals surface area contributed by atoms with Gasteiger partial charge in [0.25, 0.3) is 0 Å². The number of hydrogen-bond acceptors (Lipinski definition) is 3. The maximum atomic E-state index is 14.0. The molecule has 2 aromatic carbocycles. The maximum Gasteiger partial charge on any atom is 0.416 e. The van der Waals surface area contributed by atoms with Gasteiger partial charge in [-0.05, 0) is 46.3 Å². The fourth-order valence-electron chi connectivity index (χ4n) is 4.41. The van der Waals surface area contributed by atoms with Crippen LogP contribution in [-0.4, -0.2) is 31.0 Å². The number of pyridine rings is 1. The Labute approximate surface area is 177 Å². The van der Waals surface area contributed by atoms with Crippen molar-refractivity contribution in [3.8, 4) is 0 Å². The molecule has 154 valence electrons. The average molecular weight is 480 g/mol. The minimum atomic E-state index is -4.40. The van der Waals surface area contributed by atoms with Crippen LogP contribution in [0.5, 0.6) is 0 Å². The van der Waals surface area contributed by atoms with E-state index in [1.807, 2.05) is 4.90 Å². The van der Waals surface area contributed by atoms with Gasteiger partial charge >= 0.3 is 6.18 Å². The predicted octanol–water partition coefficient (Wildman–Crippen LogP) is 4.89. The van der Waals surface area contributed by atoms with Crippen molar-refractivity contribution in [2.75, 3.05) is 29.9 Å². The third kappa shape index (κ3) is 2.57. The molecule has 3 aromatic rings. The van der Waals surface area contributed by atoms with Gasteiger partial charge in [0.15, 0.2) is 0 Å². The van der Waals surface area contributed by atoms with E-state index in [-0.39, 0.29) is 10.4 Å². The van der Waals surface area contributed by atoms with Crippen molar-refractivity contribution in [1.29, 1.82) is 0 Å². The van der Waals surface area contributed by atoms with Crippen LogP contribution in [0.1, 0.15) is 11.1 Å². The zero-order valence-corrected chi connectivity index (χ0v) is 17.2. The summed E-state index contributed by atoms with van der Waals surface area (Å²) in [7, 11) is 1.67. The number of anilines is 2. The summed E-state index contributed by atoms with van der Waals surface area (Å²) >= 11 is 3.20. The lowest BCUT2D eigenvalue weighted by Crippen LogP contribution is -2.64. The molecule has 2 aliphatic heterocycles. The number of fused-ring (bicyclic) bond motifs is 4. The molecule has 0 radical (unpaired) electrons. The Bertz CT molecular complexity index is 1200. The number of halogens is 5. The second-order valence-corrected chi connectivity index (χ2v) is 8.50. The van der Waals surface area contributed by atoms with Crippen LogP contribution in [-0.2, 0) is 16.4 Å². The summed E-state index contributed by atoms with van der Waals surface area (Å²) in [5, 5.41) is 0.686. The summed E-state index contributed by atoms with van der Waals surface area (Å²) in [6.45, 7) is 0.644. The highest BCUT2D eigenvalue weighted by molar-refractivity contribution is 9.10. The maximum absolute atomic E-state index is 14.0. The molecule has 1 aromatic heterocycles. The standard InChI is InChI=1S/C21H14BrF4N3O/c1-28-17-8-27-16-7-15(23)14(22)6-13(16)18(17)20(19(28)30)9-29(10-20)12-4-2-11(3-5-12)21(24,25)26/h2-8H,9-10H2,1H3. The van der Waals surface area contributed by atoms with E-state index >= 15 is 0 Å². The SMILES string of the molecule is CN1C(=O)C2(CN(c3ccc(C(F)(F)F)cc3)C2)c2c1cnc1cc(F)c(Br)cc21. The first-order chi connectivity index (χ1) is 14.1. The van der Waals surface area contributed by atoms with E-state index in [9.17, 15) is 22.4 Å². The molecule has 0 N–H and O–H groups in total. The first-order valence-corrected chi connectivity index (χ1v) is 9.90. The summed E-state index contributed by atoms with van der Waals surface area (Å²) in [4.78, 5) is 20.9. The van der Waals surface area contributed by atoms with Crippen LogP contribution < -0.4 is 9.80 Å². The molecule has 9 heteroatoms. The second kappa shape index (κ2) is 6.16. The molecule has 30 heavy (non-hydrogen) atoms. The molecule has 0 aliphatic carbocycles. The Balaban J connectivity index is 1.55. The van der Waals surface area contributed by atoms with Crippen LogP contribution >= 0.6 is 15.9 Å². The topological polar surface area (TPSA) is 36.4 Å². The number of rotatable bonds is 1. The van der Waals surface area contributed by atoms with E-state index in [1.54, 1.807) is 24.2 Å². The summed E-state index contributed by atoms with van der Waals surface area (Å²) in [5.41, 5.74) is 0.952. The molecule has 0 atom stereocenters. The number of alkyl halides is 3. The second-order valence-electron chi connectivity index (χ2n) is 7.65. The normalized spacial score (nSPS) is 17.6. The Hall–Kier alpha value is -2.68. The van der Waals surface area contributed by atoms with E-state index in [0.717, 1.165) is 17.7 Å². The Kier molecular flexibility index (Phi) is 3.96.